The fourth-order valence-electron chi connectivity index (χ4n) is 1.87. The molecule has 6 nitrogen and oxygen atoms in total. The van der Waals surface area contributed by atoms with Crippen molar-refractivity contribution >= 4 is 23.1 Å². The number of nitrogens with two attached hydrogens (primary N) is 1. The molecule has 0 atom stereocenters. The summed E-state index contributed by atoms with van der Waals surface area (Å²) in [6, 6.07) is 5.38. The number of aryl methyl sites for hydroxylation is 1. The van der Waals surface area contributed by atoms with Crippen molar-refractivity contribution in [3.63, 3.8) is 0 Å². The van der Waals surface area contributed by atoms with Gasteiger partial charge in [-0.2, -0.15) is 4.98 Å². The van der Waals surface area contributed by atoms with Gasteiger partial charge >= 0.3 is 0 Å². The summed E-state index contributed by atoms with van der Waals surface area (Å²) in [4.78, 5) is 8.49. The summed E-state index contributed by atoms with van der Waals surface area (Å²) in [6.07, 6.45) is 5.18. The monoisotopic (exact) mass is 289 g/mol. The summed E-state index contributed by atoms with van der Waals surface area (Å²) in [6.45, 7) is 1.91. The maximum atomic E-state index is 5.93. The lowest BCUT2D eigenvalue weighted by atomic mass is 10.2. The molecule has 1 aromatic carbocycles. The third kappa shape index (κ3) is 2.26. The number of imidazole rings is 1. The van der Waals surface area contributed by atoms with Crippen molar-refractivity contribution in [2.24, 2.45) is 5.84 Å². The molecule has 2 aromatic heterocycles. The predicted octanol–water partition coefficient (Wildman–Crippen LogP) is 2.77. The number of rotatable bonds is 3. The van der Waals surface area contributed by atoms with Gasteiger partial charge in [0.1, 0.15) is 5.75 Å². The molecule has 0 bridgehead atoms. The Kier molecular flexibility index (Phi) is 3.17. The zero-order valence-electron chi connectivity index (χ0n) is 10.7. The minimum Gasteiger partial charge on any atom is -0.436 e. The van der Waals surface area contributed by atoms with E-state index in [-0.39, 0.29) is 0 Å². The zero-order chi connectivity index (χ0) is 14.1. The van der Waals surface area contributed by atoms with Gasteiger partial charge in [-0.15, -0.1) is 0 Å². The van der Waals surface area contributed by atoms with Crippen molar-refractivity contribution in [3.05, 3.63) is 47.4 Å². The van der Waals surface area contributed by atoms with Crippen molar-refractivity contribution in [3.8, 4) is 11.6 Å². The molecule has 3 aromatic rings. The van der Waals surface area contributed by atoms with Crippen molar-refractivity contribution in [1.82, 2.24) is 14.4 Å². The molecule has 3 rings (SSSR count). The number of ether oxygens (including phenoxy) is 1. The van der Waals surface area contributed by atoms with E-state index in [1.165, 1.54) is 0 Å². The average Bonchev–Trinajstić information content (AvgIpc) is 2.90. The molecule has 7 heteroatoms. The van der Waals surface area contributed by atoms with E-state index in [9.17, 15) is 0 Å². The fourth-order valence-corrected chi connectivity index (χ4v) is 2.10. The maximum Gasteiger partial charge on any atom is 0.265 e. The van der Waals surface area contributed by atoms with E-state index in [0.29, 0.717) is 28.1 Å². The average molecular weight is 290 g/mol. The van der Waals surface area contributed by atoms with E-state index in [1.807, 2.05) is 13.0 Å². The van der Waals surface area contributed by atoms with Crippen LogP contribution in [0.1, 0.15) is 5.56 Å². The van der Waals surface area contributed by atoms with Gasteiger partial charge in [0.25, 0.3) is 5.88 Å². The van der Waals surface area contributed by atoms with E-state index in [1.54, 1.807) is 35.1 Å². The van der Waals surface area contributed by atoms with Gasteiger partial charge in [0.2, 0.25) is 5.65 Å². The van der Waals surface area contributed by atoms with Crippen LogP contribution in [-0.2, 0) is 0 Å². The number of fused-ring (bicyclic) bond motifs is 1. The largest absolute Gasteiger partial charge is 0.436 e. The summed E-state index contributed by atoms with van der Waals surface area (Å²) in [5.74, 6) is 6.92. The van der Waals surface area contributed by atoms with Crippen molar-refractivity contribution < 1.29 is 4.74 Å². The molecule has 0 aliphatic carbocycles. The topological polar surface area (TPSA) is 77.5 Å². The number of hydrogen-bond acceptors (Lipinski definition) is 5. The Morgan fingerprint density at radius 1 is 1.40 bits per heavy atom. The first-order valence-electron chi connectivity index (χ1n) is 5.91. The lowest BCUT2D eigenvalue weighted by Gasteiger charge is -2.10. The highest BCUT2D eigenvalue weighted by molar-refractivity contribution is 6.30. The summed E-state index contributed by atoms with van der Waals surface area (Å²) in [5.41, 5.74) is 4.02. The van der Waals surface area contributed by atoms with Gasteiger partial charge in [-0.3, -0.25) is 4.40 Å². The van der Waals surface area contributed by atoms with Crippen LogP contribution in [0.2, 0.25) is 5.02 Å². The Morgan fingerprint density at radius 2 is 2.25 bits per heavy atom. The van der Waals surface area contributed by atoms with Gasteiger partial charge in [-0.25, -0.2) is 10.8 Å². The summed E-state index contributed by atoms with van der Waals surface area (Å²) < 4.78 is 7.61. The quantitative estimate of drug-likeness (QED) is 0.573. The van der Waals surface area contributed by atoms with Crippen LogP contribution in [0.15, 0.2) is 36.8 Å². The van der Waals surface area contributed by atoms with Crippen LogP contribution in [0, 0.1) is 6.92 Å². The first-order valence-corrected chi connectivity index (χ1v) is 6.29. The molecule has 2 heterocycles. The van der Waals surface area contributed by atoms with Gasteiger partial charge in [-0.05, 0) is 30.7 Å². The molecule has 0 radical (unpaired) electrons. The second kappa shape index (κ2) is 4.99. The van der Waals surface area contributed by atoms with Crippen LogP contribution < -0.4 is 16.0 Å². The maximum absolute atomic E-state index is 5.93. The number of nitrogen functional groups attached to an aromatic ring is 1. The third-order valence-corrected chi connectivity index (χ3v) is 3.07. The number of benzene rings is 1. The summed E-state index contributed by atoms with van der Waals surface area (Å²) >= 11 is 5.93. The molecular weight excluding hydrogens is 278 g/mol. The van der Waals surface area contributed by atoms with Crippen LogP contribution in [0.5, 0.6) is 11.6 Å². The molecular formula is C13H12ClN5O. The highest BCUT2D eigenvalue weighted by atomic mass is 35.5. The lowest BCUT2D eigenvalue weighted by Crippen LogP contribution is -2.10. The Labute approximate surface area is 120 Å². The Hall–Kier alpha value is -2.31. The van der Waals surface area contributed by atoms with Crippen LogP contribution in [0.25, 0.3) is 5.65 Å². The number of halogens is 1. The van der Waals surface area contributed by atoms with Crippen LogP contribution >= 0.6 is 11.6 Å². The minimum absolute atomic E-state index is 0.371. The number of nitrogens with zero attached hydrogens (tertiary/aromatic N) is 3. The molecule has 3 N–H and O–H groups in total. The van der Waals surface area contributed by atoms with E-state index < -0.39 is 0 Å². The van der Waals surface area contributed by atoms with E-state index in [4.69, 9.17) is 22.2 Å². The lowest BCUT2D eigenvalue weighted by molar-refractivity contribution is 0.462. The third-order valence-electron chi connectivity index (χ3n) is 2.83. The molecule has 0 spiro atoms. The molecule has 0 aliphatic rings. The molecule has 20 heavy (non-hydrogen) atoms. The van der Waals surface area contributed by atoms with Gasteiger partial charge in [0, 0.05) is 17.4 Å². The van der Waals surface area contributed by atoms with Gasteiger partial charge in [0.15, 0.2) is 5.82 Å². The molecule has 0 saturated heterocycles. The smallest absolute Gasteiger partial charge is 0.265 e. The highest BCUT2D eigenvalue weighted by Crippen LogP contribution is 2.29. The molecule has 0 unspecified atom stereocenters. The van der Waals surface area contributed by atoms with Crippen molar-refractivity contribution in [1.29, 1.82) is 0 Å². The molecule has 0 amide bonds. The Balaban J connectivity index is 2.07. The number of aromatic nitrogens is 3. The number of hydrazine groups is 1. The highest BCUT2D eigenvalue weighted by Gasteiger charge is 2.11. The first kappa shape index (κ1) is 12.7. The van der Waals surface area contributed by atoms with E-state index >= 15 is 0 Å². The minimum atomic E-state index is 0.371. The Morgan fingerprint density at radius 3 is 3.00 bits per heavy atom. The van der Waals surface area contributed by atoms with E-state index in [0.717, 1.165) is 5.56 Å². The van der Waals surface area contributed by atoms with E-state index in [2.05, 4.69) is 15.4 Å². The first-order chi connectivity index (χ1) is 9.67. The summed E-state index contributed by atoms with van der Waals surface area (Å²) in [7, 11) is 0. The SMILES string of the molecule is Cc1cc(Cl)ccc1Oc1nc(NN)cn2ccnc12. The van der Waals surface area contributed by atoms with Gasteiger partial charge in [0.05, 0.1) is 6.20 Å². The van der Waals surface area contributed by atoms with Crippen LogP contribution in [0.4, 0.5) is 5.82 Å². The fraction of sp³-hybridized carbons (Fsp3) is 0.0769. The second-order valence-corrected chi connectivity index (χ2v) is 4.68. The standard InChI is InChI=1S/C13H12ClN5O/c1-8-6-9(14)2-3-10(8)20-13-12-16-4-5-19(12)7-11(17-13)18-15/h2-7,18H,15H2,1H3. The van der Waals surface area contributed by atoms with Gasteiger partial charge in [-0.1, -0.05) is 11.6 Å². The summed E-state index contributed by atoms with van der Waals surface area (Å²) in [5, 5.41) is 0.658. The van der Waals surface area contributed by atoms with Gasteiger partial charge < -0.3 is 10.2 Å². The van der Waals surface area contributed by atoms with Crippen LogP contribution in [-0.4, -0.2) is 14.4 Å². The number of nitrogens with one attached hydrogen (secondary N) is 1. The molecule has 0 fully saturated rings. The molecule has 102 valence electrons. The Bertz CT molecular complexity index is 771. The predicted molar refractivity (Wildman–Crippen MR) is 77.1 cm³/mol. The zero-order valence-corrected chi connectivity index (χ0v) is 11.4. The number of hydrogen-bond donors (Lipinski definition) is 2. The second-order valence-electron chi connectivity index (χ2n) is 4.25. The van der Waals surface area contributed by atoms with Crippen molar-refractivity contribution in [2.75, 3.05) is 5.43 Å². The normalized spacial score (nSPS) is 10.8. The molecule has 0 aliphatic heterocycles. The van der Waals surface area contributed by atoms with Crippen molar-refractivity contribution in [2.45, 2.75) is 6.92 Å². The molecule has 0 saturated carbocycles. The number of anilines is 1. The van der Waals surface area contributed by atoms with Crippen LogP contribution in [0.3, 0.4) is 0 Å².